The number of anilines is 1. The fraction of sp³-hybridized carbons (Fsp3) is 0.400. The largest absolute Gasteiger partial charge is 0.493 e. The van der Waals surface area contributed by atoms with Gasteiger partial charge in [0.2, 0.25) is 5.91 Å². The minimum atomic E-state index is -0.253. The first-order valence-electron chi connectivity index (χ1n) is 13.0. The molecule has 38 heavy (non-hydrogen) atoms. The van der Waals surface area contributed by atoms with E-state index in [2.05, 4.69) is 12.2 Å². The number of hydrogen-bond acceptors (Lipinski definition) is 5. The molecule has 3 aromatic rings. The van der Waals surface area contributed by atoms with Crippen LogP contribution in [0.4, 0.5) is 10.5 Å². The zero-order valence-electron chi connectivity index (χ0n) is 23.1. The van der Waals surface area contributed by atoms with E-state index in [9.17, 15) is 9.59 Å². The summed E-state index contributed by atoms with van der Waals surface area (Å²) in [6.07, 6.45) is 2.41. The Morgan fingerprint density at radius 3 is 2.42 bits per heavy atom. The Morgan fingerprint density at radius 1 is 0.947 bits per heavy atom. The maximum absolute atomic E-state index is 13.6. The molecule has 3 amide bonds. The van der Waals surface area contributed by atoms with E-state index in [4.69, 9.17) is 9.47 Å². The van der Waals surface area contributed by atoms with Crippen LogP contribution in [0.2, 0.25) is 0 Å². The summed E-state index contributed by atoms with van der Waals surface area (Å²) in [5, 5.41) is 5.04. The van der Waals surface area contributed by atoms with Gasteiger partial charge in [0.05, 0.1) is 20.8 Å². The number of urea groups is 1. The lowest BCUT2D eigenvalue weighted by molar-refractivity contribution is -0.132. The third-order valence-corrected chi connectivity index (χ3v) is 7.50. The molecule has 0 saturated carbocycles. The molecular weight excluding hydrogens is 498 g/mol. The summed E-state index contributed by atoms with van der Waals surface area (Å²) in [7, 11) is 3.22. The van der Waals surface area contributed by atoms with E-state index >= 15 is 0 Å². The van der Waals surface area contributed by atoms with Crippen molar-refractivity contribution in [3.05, 3.63) is 75.5 Å². The zero-order valence-corrected chi connectivity index (χ0v) is 23.9. The van der Waals surface area contributed by atoms with Crippen molar-refractivity contribution in [2.45, 2.75) is 46.6 Å². The monoisotopic (exact) mass is 537 g/mol. The van der Waals surface area contributed by atoms with Crippen LogP contribution in [0, 0.1) is 13.8 Å². The molecule has 204 valence electrons. The molecule has 1 heterocycles. The minimum Gasteiger partial charge on any atom is -0.493 e. The zero-order chi connectivity index (χ0) is 27.5. The van der Waals surface area contributed by atoms with Gasteiger partial charge < -0.3 is 24.6 Å². The van der Waals surface area contributed by atoms with Crippen LogP contribution in [-0.4, -0.2) is 55.6 Å². The van der Waals surface area contributed by atoms with Crippen LogP contribution in [0.1, 0.15) is 41.3 Å². The molecule has 8 heteroatoms. The number of ether oxygens (including phenoxy) is 2. The molecule has 0 bridgehead atoms. The van der Waals surface area contributed by atoms with Crippen molar-refractivity contribution < 1.29 is 19.1 Å². The minimum absolute atomic E-state index is 0.0218. The summed E-state index contributed by atoms with van der Waals surface area (Å²) in [6, 6.07) is 15.4. The molecule has 0 atom stereocenters. The van der Waals surface area contributed by atoms with Crippen LogP contribution in [-0.2, 0) is 17.8 Å². The molecule has 0 radical (unpaired) electrons. The van der Waals surface area contributed by atoms with Crippen molar-refractivity contribution in [2.75, 3.05) is 39.2 Å². The smallest absolute Gasteiger partial charge is 0.322 e. The summed E-state index contributed by atoms with van der Waals surface area (Å²) in [4.78, 5) is 31.5. The molecule has 1 aromatic heterocycles. The molecule has 2 aromatic carbocycles. The third kappa shape index (κ3) is 7.99. The van der Waals surface area contributed by atoms with Crippen molar-refractivity contribution in [1.82, 2.24) is 9.80 Å². The van der Waals surface area contributed by atoms with Gasteiger partial charge in [0.25, 0.3) is 0 Å². The van der Waals surface area contributed by atoms with E-state index in [0.29, 0.717) is 37.6 Å². The quantitative estimate of drug-likeness (QED) is 0.278. The first-order chi connectivity index (χ1) is 18.4. The highest BCUT2D eigenvalue weighted by molar-refractivity contribution is 7.09. The third-order valence-electron chi connectivity index (χ3n) is 6.64. The van der Waals surface area contributed by atoms with Gasteiger partial charge in [-0.25, -0.2) is 4.79 Å². The van der Waals surface area contributed by atoms with Gasteiger partial charge in [-0.05, 0) is 73.0 Å². The van der Waals surface area contributed by atoms with E-state index in [-0.39, 0.29) is 18.5 Å². The van der Waals surface area contributed by atoms with Gasteiger partial charge in [0, 0.05) is 23.7 Å². The molecule has 3 rings (SSSR count). The number of nitrogens with one attached hydrogen (secondary N) is 1. The predicted molar refractivity (Wildman–Crippen MR) is 154 cm³/mol. The summed E-state index contributed by atoms with van der Waals surface area (Å²) in [5.41, 5.74) is 3.95. The van der Waals surface area contributed by atoms with E-state index in [1.54, 1.807) is 30.5 Å². The highest BCUT2D eigenvalue weighted by atomic mass is 32.1. The van der Waals surface area contributed by atoms with E-state index in [1.807, 2.05) is 72.7 Å². The van der Waals surface area contributed by atoms with Gasteiger partial charge in [0.15, 0.2) is 11.5 Å². The number of nitrogens with zero attached hydrogens (tertiary/aromatic N) is 2. The lowest BCUT2D eigenvalue weighted by Gasteiger charge is -2.28. The van der Waals surface area contributed by atoms with Gasteiger partial charge in [0.1, 0.15) is 6.54 Å². The normalized spacial score (nSPS) is 10.7. The van der Waals surface area contributed by atoms with E-state index in [0.717, 1.165) is 40.1 Å². The maximum atomic E-state index is 13.6. The Labute approximate surface area is 230 Å². The lowest BCUT2D eigenvalue weighted by Crippen LogP contribution is -2.45. The Kier molecular flexibility index (Phi) is 11.0. The van der Waals surface area contributed by atoms with Gasteiger partial charge in [-0.1, -0.05) is 37.6 Å². The van der Waals surface area contributed by atoms with Crippen LogP contribution in [0.25, 0.3) is 0 Å². The van der Waals surface area contributed by atoms with Gasteiger partial charge in [-0.15, -0.1) is 11.3 Å². The number of aryl methyl sites for hydroxylation is 1. The Morgan fingerprint density at radius 2 is 1.74 bits per heavy atom. The molecule has 0 saturated heterocycles. The second-order valence-corrected chi connectivity index (χ2v) is 10.3. The second kappa shape index (κ2) is 14.4. The average molecular weight is 538 g/mol. The second-order valence-electron chi connectivity index (χ2n) is 9.29. The van der Waals surface area contributed by atoms with Gasteiger partial charge in [-0.2, -0.15) is 0 Å². The topological polar surface area (TPSA) is 71.1 Å². The van der Waals surface area contributed by atoms with Crippen molar-refractivity contribution in [2.24, 2.45) is 0 Å². The van der Waals surface area contributed by atoms with Crippen LogP contribution in [0.3, 0.4) is 0 Å². The summed E-state index contributed by atoms with van der Waals surface area (Å²) in [6.45, 7) is 7.65. The molecule has 0 aliphatic heterocycles. The van der Waals surface area contributed by atoms with Crippen molar-refractivity contribution >= 4 is 29.0 Å². The Hall–Kier alpha value is -3.52. The molecule has 0 fully saturated rings. The molecule has 0 aliphatic carbocycles. The number of hydrogen-bond donors (Lipinski definition) is 1. The van der Waals surface area contributed by atoms with E-state index in [1.165, 1.54) is 0 Å². The standard InChI is InChI=1S/C30H39N3O4S/c1-6-7-16-33(30(35)31-26-12-8-10-22(2)23(26)3)21-29(34)32(20-25-11-9-18-38-25)17-15-24-13-14-27(36-4)28(19-24)37-5/h8-14,18-19H,6-7,15-17,20-21H2,1-5H3,(H,31,35). The van der Waals surface area contributed by atoms with Crippen LogP contribution in [0.15, 0.2) is 53.9 Å². The number of rotatable bonds is 13. The van der Waals surface area contributed by atoms with Crippen molar-refractivity contribution in [1.29, 1.82) is 0 Å². The summed E-state index contributed by atoms with van der Waals surface area (Å²) < 4.78 is 10.8. The van der Waals surface area contributed by atoms with Crippen molar-refractivity contribution in [3.8, 4) is 11.5 Å². The molecule has 0 unspecified atom stereocenters. The molecule has 0 aliphatic rings. The number of thiophene rings is 1. The number of carbonyl (C=O) groups is 2. The van der Waals surface area contributed by atoms with Crippen LogP contribution < -0.4 is 14.8 Å². The lowest BCUT2D eigenvalue weighted by atomic mass is 10.1. The highest BCUT2D eigenvalue weighted by Gasteiger charge is 2.22. The van der Waals surface area contributed by atoms with Crippen LogP contribution >= 0.6 is 11.3 Å². The van der Waals surface area contributed by atoms with Crippen LogP contribution in [0.5, 0.6) is 11.5 Å². The number of benzene rings is 2. The molecule has 1 N–H and O–H groups in total. The van der Waals surface area contributed by atoms with Gasteiger partial charge >= 0.3 is 6.03 Å². The molecular formula is C30H39N3O4S. The fourth-order valence-corrected chi connectivity index (χ4v) is 4.85. The number of methoxy groups -OCH3 is 2. The number of amides is 3. The number of carbonyl (C=O) groups excluding carboxylic acids is 2. The number of unbranched alkanes of at least 4 members (excludes halogenated alkanes) is 1. The maximum Gasteiger partial charge on any atom is 0.322 e. The summed E-state index contributed by atoms with van der Waals surface area (Å²) in [5.74, 6) is 1.25. The molecule has 0 spiro atoms. The van der Waals surface area contributed by atoms with Crippen molar-refractivity contribution in [3.63, 3.8) is 0 Å². The van der Waals surface area contributed by atoms with Gasteiger partial charge in [-0.3, -0.25) is 4.79 Å². The SMILES string of the molecule is CCCCN(CC(=O)N(CCc1ccc(OC)c(OC)c1)Cc1cccs1)C(=O)Nc1cccc(C)c1C. The average Bonchev–Trinajstić information content (AvgIpc) is 3.44. The summed E-state index contributed by atoms with van der Waals surface area (Å²) >= 11 is 1.62. The molecule has 7 nitrogen and oxygen atoms in total. The Bertz CT molecular complexity index is 1200. The predicted octanol–water partition coefficient (Wildman–Crippen LogP) is 6.29. The first-order valence-corrected chi connectivity index (χ1v) is 13.9. The highest BCUT2D eigenvalue weighted by Crippen LogP contribution is 2.28. The first kappa shape index (κ1) is 29.0. The van der Waals surface area contributed by atoms with E-state index < -0.39 is 0 Å². The fourth-order valence-electron chi connectivity index (χ4n) is 4.13. The Balaban J connectivity index is 1.75.